The summed E-state index contributed by atoms with van der Waals surface area (Å²) in [5, 5.41) is 28.8. The van der Waals surface area contributed by atoms with Gasteiger partial charge in [-0.2, -0.15) is 0 Å². The largest absolute Gasteiger partial charge is 0.481 e. The van der Waals surface area contributed by atoms with Crippen molar-refractivity contribution in [1.29, 1.82) is 0 Å². The quantitative estimate of drug-likeness (QED) is 0.0655. The summed E-state index contributed by atoms with van der Waals surface area (Å²) in [7, 11) is 0. The first-order chi connectivity index (χ1) is 16.4. The van der Waals surface area contributed by atoms with Crippen molar-refractivity contribution in [3.8, 4) is 0 Å². The van der Waals surface area contributed by atoms with E-state index in [1.165, 1.54) is 19.3 Å². The number of rotatable bonds is 24. The molecule has 0 rings (SSSR count). The molecule has 34 heavy (non-hydrogen) atoms. The van der Waals surface area contributed by atoms with E-state index >= 15 is 0 Å². The third kappa shape index (κ3) is 21.5. The van der Waals surface area contributed by atoms with Gasteiger partial charge < -0.3 is 15.5 Å². The van der Waals surface area contributed by atoms with Gasteiger partial charge in [-0.05, 0) is 25.8 Å². The molecule has 0 radical (unpaired) electrons. The molecule has 0 aliphatic carbocycles. The van der Waals surface area contributed by atoms with Crippen molar-refractivity contribution >= 4 is 23.8 Å². The molecule has 1 atom stereocenters. The Bertz CT molecular complexity index is 577. The number of amides is 2. The summed E-state index contributed by atoms with van der Waals surface area (Å²) < 4.78 is 0. The van der Waals surface area contributed by atoms with Crippen LogP contribution in [0.25, 0.3) is 0 Å². The van der Waals surface area contributed by atoms with Crippen LogP contribution in [0.3, 0.4) is 0 Å². The molecule has 0 spiro atoms. The predicted molar refractivity (Wildman–Crippen MR) is 119 cm³/mol. The Balaban J connectivity index is 3.62. The predicted octanol–water partition coefficient (Wildman–Crippen LogP) is 2.08. The molecule has 0 aromatic heterocycles. The molecule has 0 aliphatic rings. The van der Waals surface area contributed by atoms with E-state index in [4.69, 9.17) is 10.4 Å². The molecule has 0 fully saturated rings. The fourth-order valence-electron chi connectivity index (χ4n) is 3.15. The minimum atomic E-state index is -1.05. The zero-order valence-electron chi connectivity index (χ0n) is 19.6. The molecule has 13 nitrogen and oxygen atoms in total. The van der Waals surface area contributed by atoms with E-state index in [1.807, 2.05) is 5.48 Å². The maximum absolute atomic E-state index is 11.6. The van der Waals surface area contributed by atoms with Crippen LogP contribution in [0, 0.1) is 0 Å². The van der Waals surface area contributed by atoms with Crippen LogP contribution < -0.4 is 16.3 Å². The second-order valence-electron chi connectivity index (χ2n) is 7.90. The lowest BCUT2D eigenvalue weighted by atomic mass is 10.0. The van der Waals surface area contributed by atoms with Gasteiger partial charge in [0.2, 0.25) is 5.91 Å². The molecule has 0 heterocycles. The maximum Gasteiger partial charge on any atom is 0.320 e. The van der Waals surface area contributed by atoms with E-state index < -0.39 is 36.4 Å². The Morgan fingerprint density at radius 2 is 1.26 bits per heavy atom. The number of hydrogen-bond donors (Lipinski definition) is 6. The highest BCUT2D eigenvalue weighted by molar-refractivity contribution is 5.78. The smallest absolute Gasteiger partial charge is 0.320 e. The summed E-state index contributed by atoms with van der Waals surface area (Å²) >= 11 is 0. The van der Waals surface area contributed by atoms with E-state index in [9.17, 15) is 24.3 Å². The highest BCUT2D eigenvalue weighted by atomic mass is 17.3. The minimum absolute atomic E-state index is 0.0552. The number of carbonyl (C=O) groups is 4. The number of aliphatic carboxylic acids is 2. The van der Waals surface area contributed by atoms with Gasteiger partial charge in [0.1, 0.15) is 6.04 Å². The van der Waals surface area contributed by atoms with Crippen LogP contribution in [-0.2, 0) is 34.0 Å². The van der Waals surface area contributed by atoms with E-state index in [-0.39, 0.29) is 19.3 Å². The normalized spacial score (nSPS) is 11.7. The highest BCUT2D eigenvalue weighted by Crippen LogP contribution is 2.12. The van der Waals surface area contributed by atoms with Gasteiger partial charge in [-0.25, -0.2) is 21.1 Å². The van der Waals surface area contributed by atoms with Crippen molar-refractivity contribution in [2.75, 3.05) is 13.2 Å². The Morgan fingerprint density at radius 3 is 1.79 bits per heavy atom. The molecule has 198 valence electrons. The fourth-order valence-corrected chi connectivity index (χ4v) is 3.15. The number of nitrogens with one attached hydrogen (secondary N) is 3. The monoisotopic (exact) mass is 493 g/mol. The van der Waals surface area contributed by atoms with Crippen LogP contribution in [0.15, 0.2) is 0 Å². The van der Waals surface area contributed by atoms with Gasteiger partial charge in [-0.3, -0.25) is 19.2 Å². The van der Waals surface area contributed by atoms with E-state index in [1.54, 1.807) is 5.48 Å². The summed E-state index contributed by atoms with van der Waals surface area (Å²) in [5.41, 5.74) is 3.46. The zero-order chi connectivity index (χ0) is 25.4. The van der Waals surface area contributed by atoms with Crippen molar-refractivity contribution in [3.05, 3.63) is 0 Å². The van der Waals surface area contributed by atoms with Crippen molar-refractivity contribution in [2.45, 2.75) is 95.9 Å². The van der Waals surface area contributed by atoms with Gasteiger partial charge in [-0.15, -0.1) is 9.98 Å². The van der Waals surface area contributed by atoms with E-state index in [2.05, 4.69) is 20.2 Å². The first-order valence-corrected chi connectivity index (χ1v) is 11.7. The molecule has 0 bridgehead atoms. The molecule has 0 saturated carbocycles. The molecular weight excluding hydrogens is 454 g/mol. The molecule has 0 aromatic rings. The van der Waals surface area contributed by atoms with Gasteiger partial charge in [0.15, 0.2) is 6.61 Å². The number of hydroxylamine groups is 2. The van der Waals surface area contributed by atoms with Crippen LogP contribution in [-0.4, -0.2) is 58.4 Å². The van der Waals surface area contributed by atoms with Gasteiger partial charge >= 0.3 is 11.9 Å². The average molecular weight is 494 g/mol. The topological polar surface area (TPSA) is 193 Å². The first-order valence-electron chi connectivity index (χ1n) is 11.7. The van der Waals surface area contributed by atoms with Gasteiger partial charge in [0.05, 0.1) is 0 Å². The molecule has 0 saturated heterocycles. The summed E-state index contributed by atoms with van der Waals surface area (Å²) in [5.74, 6) is -3.25. The highest BCUT2D eigenvalue weighted by Gasteiger charge is 2.18. The second kappa shape index (κ2) is 22.5. The molecule has 6 N–H and O–H groups in total. The average Bonchev–Trinajstić information content (AvgIpc) is 2.78. The Labute approximate surface area is 199 Å². The Kier molecular flexibility index (Phi) is 20.9. The lowest BCUT2D eigenvalue weighted by Crippen LogP contribution is -2.38. The standard InChI is InChI=1S/C21H39N3O10/c25-18(24-34-32-16-19(26)23-33-31)14-13-17(21(29)30)22-15-11-9-7-5-3-1-2-4-6-8-10-12-20(27)28/h17,22,31H,1-16H2,(H,23,26)(H,24,25)(H,27,28)(H,29,30). The maximum atomic E-state index is 11.6. The lowest BCUT2D eigenvalue weighted by molar-refractivity contribution is -0.330. The van der Waals surface area contributed by atoms with Crippen LogP contribution in [0.1, 0.15) is 89.9 Å². The molecule has 0 aliphatic heterocycles. The van der Waals surface area contributed by atoms with Crippen LogP contribution in [0.5, 0.6) is 0 Å². The summed E-state index contributed by atoms with van der Waals surface area (Å²) in [6.07, 6.45) is 11.7. The third-order valence-corrected chi connectivity index (χ3v) is 4.98. The molecular formula is C21H39N3O10. The van der Waals surface area contributed by atoms with Crippen molar-refractivity contribution in [1.82, 2.24) is 16.3 Å². The van der Waals surface area contributed by atoms with Gasteiger partial charge in [0.25, 0.3) is 5.91 Å². The Hall–Kier alpha value is -2.32. The molecule has 2 amide bonds. The zero-order valence-corrected chi connectivity index (χ0v) is 19.6. The van der Waals surface area contributed by atoms with Crippen molar-refractivity contribution in [3.63, 3.8) is 0 Å². The molecule has 0 aromatic carbocycles. The SMILES string of the molecule is O=C(O)CCCCCCCCCCCCCNC(CCC(=O)NOOCC(=O)NOO)C(=O)O. The van der Waals surface area contributed by atoms with E-state index in [0.29, 0.717) is 6.54 Å². The van der Waals surface area contributed by atoms with Crippen molar-refractivity contribution < 1.29 is 49.5 Å². The third-order valence-electron chi connectivity index (χ3n) is 4.98. The molecule has 1 unspecified atom stereocenters. The summed E-state index contributed by atoms with van der Waals surface area (Å²) in [6, 6.07) is -0.866. The molecule has 13 heteroatoms. The lowest BCUT2D eigenvalue weighted by Gasteiger charge is -2.14. The van der Waals surface area contributed by atoms with Crippen LogP contribution in [0.2, 0.25) is 0 Å². The number of carbonyl (C=O) groups excluding carboxylic acids is 2. The van der Waals surface area contributed by atoms with Gasteiger partial charge in [0, 0.05) is 12.8 Å². The minimum Gasteiger partial charge on any atom is -0.481 e. The summed E-state index contributed by atoms with van der Waals surface area (Å²) in [6.45, 7) is -0.104. The number of carboxylic acid groups (broad SMARTS) is 2. The number of carboxylic acids is 2. The van der Waals surface area contributed by atoms with Crippen LogP contribution in [0.4, 0.5) is 0 Å². The van der Waals surface area contributed by atoms with Gasteiger partial charge in [-0.1, -0.05) is 57.8 Å². The van der Waals surface area contributed by atoms with E-state index in [0.717, 1.165) is 51.4 Å². The fraction of sp³-hybridized carbons (Fsp3) is 0.810. The van der Waals surface area contributed by atoms with Crippen molar-refractivity contribution in [2.24, 2.45) is 0 Å². The number of hydrogen-bond acceptors (Lipinski definition) is 9. The van der Waals surface area contributed by atoms with Crippen LogP contribution >= 0.6 is 0 Å². The first kappa shape index (κ1) is 31.7. The number of unbranched alkanes of at least 4 members (excludes halogenated alkanes) is 10. The second-order valence-corrected chi connectivity index (χ2v) is 7.90. The Morgan fingerprint density at radius 1 is 0.706 bits per heavy atom. The summed E-state index contributed by atoms with van der Waals surface area (Å²) in [4.78, 5) is 56.3.